The number of rotatable bonds is 2. The van der Waals surface area contributed by atoms with Gasteiger partial charge in [0.2, 0.25) is 0 Å². The molecule has 1 aromatic rings. The Morgan fingerprint density at radius 1 is 1.26 bits per heavy atom. The predicted molar refractivity (Wildman–Crippen MR) is 74.2 cm³/mol. The average molecular weight is 294 g/mol. The molecule has 0 atom stereocenters. The van der Waals surface area contributed by atoms with Crippen molar-refractivity contribution in [2.45, 2.75) is 6.92 Å². The Morgan fingerprint density at radius 2 is 1.89 bits per heavy atom. The Bertz CT molecular complexity index is 654. The van der Waals surface area contributed by atoms with E-state index < -0.39 is 5.97 Å². The van der Waals surface area contributed by atoms with Crippen molar-refractivity contribution in [1.29, 1.82) is 5.26 Å². The number of esters is 1. The van der Waals surface area contributed by atoms with Gasteiger partial charge in [-0.05, 0) is 12.5 Å². The quantitative estimate of drug-likeness (QED) is 0.475. The Kier molecular flexibility index (Phi) is 3.94. The van der Waals surface area contributed by atoms with E-state index in [2.05, 4.69) is 0 Å². The molecule has 0 N–H and O–H groups in total. The van der Waals surface area contributed by atoms with Crippen LogP contribution in [0.2, 0.25) is 0 Å². The molecular formula is C14H9Cl2NO2. The van der Waals surface area contributed by atoms with Crippen molar-refractivity contribution in [3.05, 3.63) is 46.0 Å². The van der Waals surface area contributed by atoms with Crippen molar-refractivity contribution >= 4 is 39.8 Å². The molecule has 2 rings (SSSR count). The fourth-order valence-electron chi connectivity index (χ4n) is 1.89. The summed E-state index contributed by atoms with van der Waals surface area (Å²) in [6, 6.07) is 9.00. The van der Waals surface area contributed by atoms with Crippen LogP contribution in [0.4, 0.5) is 0 Å². The molecule has 1 aromatic carbocycles. The van der Waals surface area contributed by atoms with Crippen LogP contribution in [0.15, 0.2) is 34.9 Å². The van der Waals surface area contributed by atoms with E-state index in [0.717, 1.165) is 0 Å². The molecule has 0 saturated heterocycles. The lowest BCUT2D eigenvalue weighted by Gasteiger charge is -2.06. The Labute approximate surface area is 120 Å². The average Bonchev–Trinajstić information content (AvgIpc) is 2.66. The monoisotopic (exact) mass is 293 g/mol. The molecule has 5 heteroatoms. The van der Waals surface area contributed by atoms with Crippen molar-refractivity contribution in [2.24, 2.45) is 0 Å². The third kappa shape index (κ3) is 2.25. The first kappa shape index (κ1) is 13.7. The first-order valence-electron chi connectivity index (χ1n) is 5.58. The third-order valence-corrected chi connectivity index (χ3v) is 3.55. The summed E-state index contributed by atoms with van der Waals surface area (Å²) in [5.74, 6) is -0.695. The number of nitrogens with zero attached hydrogens (tertiary/aromatic N) is 1. The highest BCUT2D eigenvalue weighted by Crippen LogP contribution is 2.46. The zero-order valence-corrected chi connectivity index (χ0v) is 11.5. The smallest absolute Gasteiger partial charge is 0.349 e. The first-order valence-corrected chi connectivity index (χ1v) is 6.34. The molecule has 96 valence electrons. The van der Waals surface area contributed by atoms with E-state index in [1.807, 2.05) is 12.1 Å². The maximum atomic E-state index is 11.8. The maximum Gasteiger partial charge on any atom is 0.349 e. The maximum absolute atomic E-state index is 11.8. The van der Waals surface area contributed by atoms with E-state index >= 15 is 0 Å². The summed E-state index contributed by atoms with van der Waals surface area (Å²) in [5, 5.41) is 9.72. The van der Waals surface area contributed by atoms with Gasteiger partial charge in [-0.3, -0.25) is 0 Å². The molecule has 0 unspecified atom stereocenters. The summed E-state index contributed by atoms with van der Waals surface area (Å²) in [6.07, 6.45) is 0. The minimum absolute atomic E-state index is 0.130. The van der Waals surface area contributed by atoms with Crippen molar-refractivity contribution < 1.29 is 9.53 Å². The van der Waals surface area contributed by atoms with E-state index in [1.165, 1.54) is 0 Å². The number of fused-ring (bicyclic) bond motifs is 1. The van der Waals surface area contributed by atoms with Gasteiger partial charge in [0.25, 0.3) is 0 Å². The fraction of sp³-hybridized carbons (Fsp3) is 0.143. The van der Waals surface area contributed by atoms with Gasteiger partial charge in [0.1, 0.15) is 11.6 Å². The summed E-state index contributed by atoms with van der Waals surface area (Å²) in [5.41, 5.74) is 1.58. The first-order chi connectivity index (χ1) is 9.11. The molecule has 1 aliphatic carbocycles. The number of halogens is 2. The number of hydrogen-bond acceptors (Lipinski definition) is 3. The Balaban J connectivity index is 2.68. The van der Waals surface area contributed by atoms with Crippen LogP contribution in [-0.2, 0) is 9.53 Å². The number of allylic oxidation sites excluding steroid dienone is 2. The summed E-state index contributed by atoms with van der Waals surface area (Å²) in [4.78, 5) is 11.8. The number of ether oxygens (including phenoxy) is 1. The van der Waals surface area contributed by atoms with E-state index in [1.54, 1.807) is 25.1 Å². The van der Waals surface area contributed by atoms with Gasteiger partial charge in [0.15, 0.2) is 0 Å². The molecule has 0 bridgehead atoms. The zero-order valence-electron chi connectivity index (χ0n) is 10.0. The molecule has 0 aliphatic heterocycles. The molecule has 0 radical (unpaired) electrons. The zero-order chi connectivity index (χ0) is 14.0. The van der Waals surface area contributed by atoms with Crippen molar-refractivity contribution in [3.63, 3.8) is 0 Å². The highest BCUT2D eigenvalue weighted by molar-refractivity contribution is 6.59. The van der Waals surface area contributed by atoms with Gasteiger partial charge < -0.3 is 4.74 Å². The molecule has 0 aromatic heterocycles. The minimum Gasteiger partial charge on any atom is -0.462 e. The van der Waals surface area contributed by atoms with E-state index in [4.69, 9.17) is 27.9 Å². The largest absolute Gasteiger partial charge is 0.462 e. The number of carbonyl (C=O) groups excluding carboxylic acids is 1. The van der Waals surface area contributed by atoms with Crippen LogP contribution >= 0.6 is 23.2 Å². The predicted octanol–water partition coefficient (Wildman–Crippen LogP) is 3.69. The third-order valence-electron chi connectivity index (χ3n) is 2.69. The lowest BCUT2D eigenvalue weighted by atomic mass is 10.0. The molecule has 0 saturated carbocycles. The lowest BCUT2D eigenvalue weighted by Crippen LogP contribution is -2.08. The molecule has 1 aliphatic rings. The fourth-order valence-corrected chi connectivity index (χ4v) is 2.45. The van der Waals surface area contributed by atoms with Gasteiger partial charge in [-0.15, -0.1) is 0 Å². The Morgan fingerprint density at radius 3 is 2.47 bits per heavy atom. The summed E-state index contributed by atoms with van der Waals surface area (Å²) < 4.78 is 4.86. The van der Waals surface area contributed by atoms with Crippen LogP contribution < -0.4 is 0 Å². The van der Waals surface area contributed by atoms with Crippen LogP contribution in [-0.4, -0.2) is 12.6 Å². The number of carbonyl (C=O) groups is 1. The topological polar surface area (TPSA) is 50.1 Å². The van der Waals surface area contributed by atoms with Crippen LogP contribution in [0, 0.1) is 11.3 Å². The van der Waals surface area contributed by atoms with E-state index in [9.17, 15) is 10.1 Å². The number of nitriles is 1. The van der Waals surface area contributed by atoms with Crippen LogP contribution in [0.5, 0.6) is 0 Å². The van der Waals surface area contributed by atoms with Gasteiger partial charge >= 0.3 is 5.97 Å². The molecule has 0 fully saturated rings. The van der Waals surface area contributed by atoms with Gasteiger partial charge in [-0.25, -0.2) is 4.79 Å². The number of benzene rings is 1. The van der Waals surface area contributed by atoms with Crippen LogP contribution in [0.25, 0.3) is 10.6 Å². The second-order valence-corrected chi connectivity index (χ2v) is 4.51. The molecule has 19 heavy (non-hydrogen) atoms. The van der Waals surface area contributed by atoms with Gasteiger partial charge in [0.05, 0.1) is 16.7 Å². The lowest BCUT2D eigenvalue weighted by molar-refractivity contribution is -0.137. The molecule has 0 amide bonds. The minimum atomic E-state index is -0.695. The molecule has 0 heterocycles. The highest BCUT2D eigenvalue weighted by Gasteiger charge is 2.29. The summed E-state index contributed by atoms with van der Waals surface area (Å²) in [7, 11) is 0. The van der Waals surface area contributed by atoms with E-state index in [-0.39, 0.29) is 17.2 Å². The van der Waals surface area contributed by atoms with Crippen molar-refractivity contribution in [2.75, 3.05) is 6.61 Å². The molecule has 3 nitrogen and oxygen atoms in total. The standard InChI is InChI=1S/C14H9Cl2NO2/c1-2-19-14(18)10(7-17)11-8-5-3-4-6-9(8)12(15)13(11)16/h3-6H,2H2,1H3/b11-10-. The van der Waals surface area contributed by atoms with Crippen LogP contribution in [0.1, 0.15) is 18.1 Å². The molecule has 0 spiro atoms. The number of hydrogen-bond donors (Lipinski definition) is 0. The van der Waals surface area contributed by atoms with Gasteiger partial charge in [-0.1, -0.05) is 47.5 Å². The highest BCUT2D eigenvalue weighted by atomic mass is 35.5. The summed E-state index contributed by atoms with van der Waals surface area (Å²) in [6.45, 7) is 1.86. The second-order valence-electron chi connectivity index (χ2n) is 3.76. The van der Waals surface area contributed by atoms with Crippen molar-refractivity contribution in [1.82, 2.24) is 0 Å². The van der Waals surface area contributed by atoms with Crippen LogP contribution in [0.3, 0.4) is 0 Å². The normalized spacial score (nSPS) is 15.9. The van der Waals surface area contributed by atoms with Gasteiger partial charge in [-0.2, -0.15) is 5.26 Å². The SMILES string of the molecule is CCOC(=O)/C(C#N)=C1\C(Cl)=C(Cl)c2ccccc21. The summed E-state index contributed by atoms with van der Waals surface area (Å²) >= 11 is 12.3. The Hall–Kier alpha value is -1.76. The van der Waals surface area contributed by atoms with E-state index in [0.29, 0.717) is 21.7 Å². The van der Waals surface area contributed by atoms with Gasteiger partial charge in [0, 0.05) is 11.1 Å². The van der Waals surface area contributed by atoms with Crippen molar-refractivity contribution in [3.8, 4) is 6.07 Å². The second kappa shape index (κ2) is 5.48. The molecular weight excluding hydrogens is 285 g/mol.